The topological polar surface area (TPSA) is 35.2 Å². The van der Waals surface area contributed by atoms with E-state index in [0.29, 0.717) is 6.10 Å². The molecule has 2 N–H and O–H groups in total. The molecule has 1 aliphatic carbocycles. The van der Waals surface area contributed by atoms with Crippen molar-refractivity contribution in [1.29, 1.82) is 0 Å². The Hall–Kier alpha value is -0.860. The summed E-state index contributed by atoms with van der Waals surface area (Å²) in [5.41, 5.74) is 8.15. The lowest BCUT2D eigenvalue weighted by Gasteiger charge is -2.30. The summed E-state index contributed by atoms with van der Waals surface area (Å²) in [6.07, 6.45) is 7.98. The fourth-order valence-corrected chi connectivity index (χ4v) is 3.03. The van der Waals surface area contributed by atoms with Gasteiger partial charge in [-0.2, -0.15) is 0 Å². The SMILES string of the molecule is CCC1CCCCC1OCc1ccc(CCN)cc1. The van der Waals surface area contributed by atoms with Crippen molar-refractivity contribution < 1.29 is 4.74 Å². The first-order valence-corrected chi connectivity index (χ1v) is 7.73. The maximum Gasteiger partial charge on any atom is 0.0720 e. The highest BCUT2D eigenvalue weighted by atomic mass is 16.5. The summed E-state index contributed by atoms with van der Waals surface area (Å²) in [7, 11) is 0. The second kappa shape index (κ2) is 7.66. The zero-order chi connectivity index (χ0) is 13.5. The molecule has 2 rings (SSSR count). The van der Waals surface area contributed by atoms with Crippen LogP contribution in [0.5, 0.6) is 0 Å². The smallest absolute Gasteiger partial charge is 0.0720 e. The molecule has 2 unspecified atom stereocenters. The highest BCUT2D eigenvalue weighted by Crippen LogP contribution is 2.29. The van der Waals surface area contributed by atoms with E-state index in [9.17, 15) is 0 Å². The first-order chi connectivity index (χ1) is 9.33. The third-order valence-corrected chi connectivity index (χ3v) is 4.28. The van der Waals surface area contributed by atoms with E-state index in [1.165, 1.54) is 43.2 Å². The Morgan fingerprint density at radius 1 is 1.11 bits per heavy atom. The lowest BCUT2D eigenvalue weighted by Crippen LogP contribution is -2.27. The lowest BCUT2D eigenvalue weighted by atomic mass is 9.85. The van der Waals surface area contributed by atoms with Gasteiger partial charge in [-0.1, -0.05) is 50.5 Å². The van der Waals surface area contributed by atoms with E-state index in [4.69, 9.17) is 10.5 Å². The molecule has 0 aromatic heterocycles. The summed E-state index contributed by atoms with van der Waals surface area (Å²) in [5, 5.41) is 0. The van der Waals surface area contributed by atoms with E-state index in [0.717, 1.165) is 25.5 Å². The van der Waals surface area contributed by atoms with Gasteiger partial charge in [-0.3, -0.25) is 0 Å². The van der Waals surface area contributed by atoms with Gasteiger partial charge in [0.05, 0.1) is 12.7 Å². The summed E-state index contributed by atoms with van der Waals surface area (Å²) in [6, 6.07) is 8.69. The largest absolute Gasteiger partial charge is 0.373 e. The van der Waals surface area contributed by atoms with Crippen LogP contribution in [0.4, 0.5) is 0 Å². The monoisotopic (exact) mass is 261 g/mol. The average Bonchev–Trinajstić information content (AvgIpc) is 2.47. The summed E-state index contributed by atoms with van der Waals surface area (Å²) < 4.78 is 6.15. The lowest BCUT2D eigenvalue weighted by molar-refractivity contribution is -0.0221. The molecule has 2 nitrogen and oxygen atoms in total. The van der Waals surface area contributed by atoms with Gasteiger partial charge in [0.25, 0.3) is 0 Å². The van der Waals surface area contributed by atoms with E-state index >= 15 is 0 Å². The highest BCUT2D eigenvalue weighted by Gasteiger charge is 2.23. The van der Waals surface area contributed by atoms with Gasteiger partial charge in [0.15, 0.2) is 0 Å². The van der Waals surface area contributed by atoms with Gasteiger partial charge in [-0.05, 0) is 42.9 Å². The zero-order valence-electron chi connectivity index (χ0n) is 12.1. The minimum atomic E-state index is 0.475. The summed E-state index contributed by atoms with van der Waals surface area (Å²) in [5.74, 6) is 0.769. The second-order valence-corrected chi connectivity index (χ2v) is 5.66. The molecule has 19 heavy (non-hydrogen) atoms. The predicted molar refractivity (Wildman–Crippen MR) is 80.0 cm³/mol. The first-order valence-electron chi connectivity index (χ1n) is 7.73. The van der Waals surface area contributed by atoms with E-state index in [2.05, 4.69) is 31.2 Å². The van der Waals surface area contributed by atoms with Crippen molar-refractivity contribution >= 4 is 0 Å². The quantitative estimate of drug-likeness (QED) is 0.848. The average molecular weight is 261 g/mol. The number of ether oxygens (including phenoxy) is 1. The van der Waals surface area contributed by atoms with Crippen LogP contribution in [0, 0.1) is 5.92 Å². The van der Waals surface area contributed by atoms with Gasteiger partial charge in [-0.25, -0.2) is 0 Å². The van der Waals surface area contributed by atoms with E-state index in [1.807, 2.05) is 0 Å². The van der Waals surface area contributed by atoms with Gasteiger partial charge >= 0.3 is 0 Å². The van der Waals surface area contributed by atoms with Gasteiger partial charge < -0.3 is 10.5 Å². The molecule has 0 bridgehead atoms. The maximum atomic E-state index is 6.15. The molecule has 0 spiro atoms. The highest BCUT2D eigenvalue weighted by molar-refractivity contribution is 5.22. The van der Waals surface area contributed by atoms with Gasteiger partial charge in [-0.15, -0.1) is 0 Å². The minimum absolute atomic E-state index is 0.475. The Bertz CT molecular complexity index is 360. The Balaban J connectivity index is 1.83. The predicted octanol–water partition coefficient (Wildman–Crippen LogP) is 3.67. The van der Waals surface area contributed by atoms with Crippen LogP contribution in [0.1, 0.15) is 50.2 Å². The number of nitrogens with two attached hydrogens (primary N) is 1. The number of benzene rings is 1. The summed E-state index contributed by atoms with van der Waals surface area (Å²) in [4.78, 5) is 0. The number of hydrogen-bond acceptors (Lipinski definition) is 2. The molecular formula is C17H27NO. The Labute approximate surface area is 117 Å². The molecule has 0 amide bonds. The maximum absolute atomic E-state index is 6.15. The van der Waals surface area contributed by atoms with Crippen LogP contribution in [-0.2, 0) is 17.8 Å². The Kier molecular flexibility index (Phi) is 5.87. The van der Waals surface area contributed by atoms with Gasteiger partial charge in [0.2, 0.25) is 0 Å². The van der Waals surface area contributed by atoms with Crippen LogP contribution in [0.25, 0.3) is 0 Å². The van der Waals surface area contributed by atoms with Crippen molar-refractivity contribution in [2.45, 2.75) is 58.2 Å². The van der Waals surface area contributed by atoms with Crippen LogP contribution in [0.15, 0.2) is 24.3 Å². The number of rotatable bonds is 6. The summed E-state index contributed by atoms with van der Waals surface area (Å²) >= 11 is 0. The normalized spacial score (nSPS) is 23.5. The van der Waals surface area contributed by atoms with Crippen LogP contribution in [0.3, 0.4) is 0 Å². The van der Waals surface area contributed by atoms with Crippen molar-refractivity contribution in [3.05, 3.63) is 35.4 Å². The fourth-order valence-electron chi connectivity index (χ4n) is 3.03. The van der Waals surface area contributed by atoms with E-state index < -0.39 is 0 Å². The molecular weight excluding hydrogens is 234 g/mol. The molecule has 0 heterocycles. The van der Waals surface area contributed by atoms with Crippen molar-refractivity contribution in [2.75, 3.05) is 6.54 Å². The van der Waals surface area contributed by atoms with Crippen LogP contribution < -0.4 is 5.73 Å². The molecule has 106 valence electrons. The van der Waals surface area contributed by atoms with Crippen molar-refractivity contribution in [1.82, 2.24) is 0 Å². The molecule has 1 fully saturated rings. The number of hydrogen-bond donors (Lipinski definition) is 1. The van der Waals surface area contributed by atoms with Gasteiger partial charge in [0.1, 0.15) is 0 Å². The van der Waals surface area contributed by atoms with Crippen LogP contribution in [-0.4, -0.2) is 12.6 Å². The van der Waals surface area contributed by atoms with Crippen LogP contribution >= 0.6 is 0 Å². The molecule has 0 aliphatic heterocycles. The minimum Gasteiger partial charge on any atom is -0.373 e. The standard InChI is InChI=1S/C17H27NO/c1-2-16-5-3-4-6-17(16)19-13-15-9-7-14(8-10-15)11-12-18/h7-10,16-17H,2-6,11-13,18H2,1H3. The van der Waals surface area contributed by atoms with E-state index in [1.54, 1.807) is 0 Å². The molecule has 2 heteroatoms. The molecule has 1 aromatic rings. The van der Waals surface area contributed by atoms with Crippen molar-refractivity contribution in [2.24, 2.45) is 11.7 Å². The van der Waals surface area contributed by atoms with E-state index in [-0.39, 0.29) is 0 Å². The Morgan fingerprint density at radius 3 is 2.47 bits per heavy atom. The molecule has 1 saturated carbocycles. The summed E-state index contributed by atoms with van der Waals surface area (Å²) in [6.45, 7) is 3.76. The zero-order valence-corrected chi connectivity index (χ0v) is 12.1. The van der Waals surface area contributed by atoms with Crippen molar-refractivity contribution in [3.8, 4) is 0 Å². The first kappa shape index (κ1) is 14.5. The van der Waals surface area contributed by atoms with Gasteiger partial charge in [0, 0.05) is 0 Å². The third-order valence-electron chi connectivity index (χ3n) is 4.28. The molecule has 1 aliphatic rings. The Morgan fingerprint density at radius 2 is 1.79 bits per heavy atom. The molecule has 2 atom stereocenters. The second-order valence-electron chi connectivity index (χ2n) is 5.66. The molecule has 1 aromatic carbocycles. The molecule has 0 saturated heterocycles. The fraction of sp³-hybridized carbons (Fsp3) is 0.647. The molecule has 0 radical (unpaired) electrons. The van der Waals surface area contributed by atoms with Crippen LogP contribution in [0.2, 0.25) is 0 Å². The third kappa shape index (κ3) is 4.32. The van der Waals surface area contributed by atoms with Crippen molar-refractivity contribution in [3.63, 3.8) is 0 Å².